The molecule has 0 radical (unpaired) electrons. The number of hydrogen-bond acceptors (Lipinski definition) is 10. The zero-order valence-electron chi connectivity index (χ0n) is 15.7. The van der Waals surface area contributed by atoms with Crippen molar-refractivity contribution in [2.75, 3.05) is 6.61 Å². The van der Waals surface area contributed by atoms with Crippen LogP contribution in [-0.4, -0.2) is 60.1 Å². The van der Waals surface area contributed by atoms with Gasteiger partial charge in [-0.2, -0.15) is 0 Å². The molecule has 0 aromatic carbocycles. The number of ether oxygens (including phenoxy) is 5. The maximum absolute atomic E-state index is 12.2. The second-order valence-electron chi connectivity index (χ2n) is 5.98. The Morgan fingerprint density at radius 2 is 1.75 bits per heavy atom. The van der Waals surface area contributed by atoms with Crippen LogP contribution in [0.25, 0.3) is 0 Å². The molecule has 4 atom stereocenters. The summed E-state index contributed by atoms with van der Waals surface area (Å²) in [6, 6.07) is 4.73. The van der Waals surface area contributed by atoms with Gasteiger partial charge in [0.25, 0.3) is 0 Å². The molecule has 1 fully saturated rings. The summed E-state index contributed by atoms with van der Waals surface area (Å²) in [5.74, 6) is -2.58. The summed E-state index contributed by atoms with van der Waals surface area (Å²) < 4.78 is 26.3. The average molecular weight is 395 g/mol. The monoisotopic (exact) mass is 395 g/mol. The van der Waals surface area contributed by atoms with Gasteiger partial charge in [-0.15, -0.1) is 0 Å². The minimum atomic E-state index is -1.13. The van der Waals surface area contributed by atoms with E-state index in [4.69, 9.17) is 23.7 Å². The van der Waals surface area contributed by atoms with Gasteiger partial charge >= 0.3 is 23.9 Å². The van der Waals surface area contributed by atoms with Crippen molar-refractivity contribution >= 4 is 23.9 Å². The van der Waals surface area contributed by atoms with Gasteiger partial charge in [0.05, 0.1) is 6.42 Å². The first-order chi connectivity index (χ1) is 13.3. The van der Waals surface area contributed by atoms with E-state index in [2.05, 4.69) is 4.98 Å². The van der Waals surface area contributed by atoms with Gasteiger partial charge in [0.15, 0.2) is 6.10 Å². The first-order valence-electron chi connectivity index (χ1n) is 8.51. The Labute approximate surface area is 161 Å². The highest BCUT2D eigenvalue weighted by Gasteiger charge is 2.45. The van der Waals surface area contributed by atoms with E-state index >= 15 is 0 Å². The van der Waals surface area contributed by atoms with Crippen LogP contribution in [0.5, 0.6) is 0 Å². The highest BCUT2D eigenvalue weighted by molar-refractivity contribution is 5.87. The number of aromatic nitrogens is 1. The number of pyridine rings is 1. The number of carbonyl (C=O) groups excluding carboxylic acids is 4. The Hall–Kier alpha value is -3.01. The Bertz CT molecular complexity index is 721. The highest BCUT2D eigenvalue weighted by Crippen LogP contribution is 2.27. The minimum Gasteiger partial charge on any atom is -0.463 e. The smallest absolute Gasteiger partial charge is 0.359 e. The van der Waals surface area contributed by atoms with Gasteiger partial charge in [-0.05, 0) is 12.1 Å². The third-order valence-electron chi connectivity index (χ3n) is 3.67. The van der Waals surface area contributed by atoms with E-state index in [1.165, 1.54) is 33.0 Å². The number of carbonyl (C=O) groups is 4. The van der Waals surface area contributed by atoms with E-state index in [0.29, 0.717) is 0 Å². The lowest BCUT2D eigenvalue weighted by Crippen LogP contribution is -2.54. The number of rotatable bonds is 6. The van der Waals surface area contributed by atoms with Crippen LogP contribution >= 0.6 is 0 Å². The molecule has 2 heterocycles. The standard InChI is InChI=1S/C18H21NO9/c1-10(20)24-9-15-17(26-12(3)22)14(25-11(2)21)8-16(27-15)28-18(23)13-6-4-5-7-19-13/h4-7,14-17H,8-9H2,1-3H3/t14-,15-,16-,17+/m1/s1. The molecule has 28 heavy (non-hydrogen) atoms. The lowest BCUT2D eigenvalue weighted by Gasteiger charge is -2.39. The molecular weight excluding hydrogens is 374 g/mol. The number of hydrogen-bond donors (Lipinski definition) is 0. The molecule has 0 bridgehead atoms. The van der Waals surface area contributed by atoms with Crippen LogP contribution in [0.4, 0.5) is 0 Å². The molecule has 1 aromatic heterocycles. The van der Waals surface area contributed by atoms with E-state index in [-0.39, 0.29) is 18.7 Å². The molecule has 0 amide bonds. The van der Waals surface area contributed by atoms with Gasteiger partial charge in [0.1, 0.15) is 24.5 Å². The summed E-state index contributed by atoms with van der Waals surface area (Å²) in [7, 11) is 0. The van der Waals surface area contributed by atoms with Gasteiger partial charge in [-0.1, -0.05) is 6.07 Å². The zero-order chi connectivity index (χ0) is 20.7. The summed E-state index contributed by atoms with van der Waals surface area (Å²) in [6.07, 6.45) is -2.78. The Morgan fingerprint density at radius 1 is 1.04 bits per heavy atom. The van der Waals surface area contributed by atoms with E-state index < -0.39 is 48.5 Å². The number of nitrogens with zero attached hydrogens (tertiary/aromatic N) is 1. The summed E-state index contributed by atoms with van der Waals surface area (Å²) in [5.41, 5.74) is 0.0637. The Morgan fingerprint density at radius 3 is 2.32 bits per heavy atom. The van der Waals surface area contributed by atoms with Crippen LogP contribution in [0.2, 0.25) is 0 Å². The fourth-order valence-corrected chi connectivity index (χ4v) is 2.64. The lowest BCUT2D eigenvalue weighted by atomic mass is 10.0. The van der Waals surface area contributed by atoms with Crippen molar-refractivity contribution in [2.45, 2.75) is 51.8 Å². The molecule has 0 N–H and O–H groups in total. The summed E-state index contributed by atoms with van der Waals surface area (Å²) >= 11 is 0. The molecule has 0 spiro atoms. The first-order valence-corrected chi connectivity index (χ1v) is 8.51. The topological polar surface area (TPSA) is 127 Å². The minimum absolute atomic E-state index is 0.0637. The van der Waals surface area contributed by atoms with E-state index in [1.807, 2.05) is 0 Å². The summed E-state index contributed by atoms with van der Waals surface area (Å²) in [4.78, 5) is 50.2. The highest BCUT2D eigenvalue weighted by atomic mass is 16.7. The maximum atomic E-state index is 12.2. The fraction of sp³-hybridized carbons (Fsp3) is 0.500. The molecule has 10 heteroatoms. The van der Waals surface area contributed by atoms with Gasteiger partial charge in [0, 0.05) is 27.0 Å². The van der Waals surface area contributed by atoms with E-state index in [0.717, 1.165) is 0 Å². The quantitative estimate of drug-likeness (QED) is 0.503. The molecule has 1 aliphatic rings. The molecule has 1 aromatic rings. The summed E-state index contributed by atoms with van der Waals surface area (Å²) in [5, 5.41) is 0. The normalized spacial score (nSPS) is 24.0. The van der Waals surface area contributed by atoms with Crippen LogP contribution in [-0.2, 0) is 38.1 Å². The molecule has 152 valence electrons. The summed E-state index contributed by atoms with van der Waals surface area (Å²) in [6.45, 7) is 3.28. The fourth-order valence-electron chi connectivity index (χ4n) is 2.64. The van der Waals surface area contributed by atoms with E-state index in [1.54, 1.807) is 12.1 Å². The van der Waals surface area contributed by atoms with Crippen LogP contribution in [0.3, 0.4) is 0 Å². The third kappa shape index (κ3) is 6.31. The van der Waals surface area contributed by atoms with Crippen LogP contribution < -0.4 is 0 Å². The van der Waals surface area contributed by atoms with Crippen molar-refractivity contribution in [1.29, 1.82) is 0 Å². The van der Waals surface area contributed by atoms with Crippen molar-refractivity contribution in [3.63, 3.8) is 0 Å². The predicted molar refractivity (Wildman–Crippen MR) is 90.7 cm³/mol. The molecule has 1 saturated heterocycles. The SMILES string of the molecule is CC(=O)OC[C@H]1O[C@H](OC(=O)c2ccccn2)C[C@@H](OC(C)=O)[C@@H]1OC(C)=O. The van der Waals surface area contributed by atoms with Gasteiger partial charge in [-0.3, -0.25) is 14.4 Å². The molecule has 0 unspecified atom stereocenters. The maximum Gasteiger partial charge on any atom is 0.359 e. The predicted octanol–water partition coefficient (Wildman–Crippen LogP) is 0.780. The molecule has 10 nitrogen and oxygen atoms in total. The van der Waals surface area contributed by atoms with Crippen molar-refractivity contribution in [3.05, 3.63) is 30.1 Å². The lowest BCUT2D eigenvalue weighted by molar-refractivity contribution is -0.252. The average Bonchev–Trinajstić information content (AvgIpc) is 2.62. The molecule has 0 saturated carbocycles. The van der Waals surface area contributed by atoms with Gasteiger partial charge in [-0.25, -0.2) is 9.78 Å². The third-order valence-corrected chi connectivity index (χ3v) is 3.67. The van der Waals surface area contributed by atoms with Crippen LogP contribution in [0.1, 0.15) is 37.7 Å². The van der Waals surface area contributed by atoms with Crippen molar-refractivity contribution in [2.24, 2.45) is 0 Å². The van der Waals surface area contributed by atoms with Crippen molar-refractivity contribution in [1.82, 2.24) is 4.98 Å². The molecular formula is C18H21NO9. The Kier molecular flexibility index (Phi) is 7.44. The largest absolute Gasteiger partial charge is 0.463 e. The van der Waals surface area contributed by atoms with Crippen molar-refractivity contribution in [3.8, 4) is 0 Å². The van der Waals surface area contributed by atoms with E-state index in [9.17, 15) is 19.2 Å². The Balaban J connectivity index is 2.18. The second-order valence-corrected chi connectivity index (χ2v) is 5.98. The van der Waals surface area contributed by atoms with Crippen molar-refractivity contribution < 1.29 is 42.9 Å². The molecule has 1 aliphatic heterocycles. The molecule has 0 aliphatic carbocycles. The first kappa shape index (κ1) is 21.3. The van der Waals surface area contributed by atoms with Crippen LogP contribution in [0.15, 0.2) is 24.4 Å². The molecule has 2 rings (SSSR count). The van der Waals surface area contributed by atoms with Crippen LogP contribution in [0, 0.1) is 0 Å². The van der Waals surface area contributed by atoms with Gasteiger partial charge < -0.3 is 23.7 Å². The van der Waals surface area contributed by atoms with Gasteiger partial charge in [0.2, 0.25) is 6.29 Å². The number of esters is 4. The zero-order valence-corrected chi connectivity index (χ0v) is 15.7. The second kappa shape index (κ2) is 9.79.